The molecular formula is C17H24N2OS. The van der Waals surface area contributed by atoms with Gasteiger partial charge < -0.3 is 10.1 Å². The SMILES string of the molecule is CNC(Cc1nc(C)c(C)s1)c1cccc(OC(C)C)c1. The van der Waals surface area contributed by atoms with Gasteiger partial charge in [-0.1, -0.05) is 12.1 Å². The van der Waals surface area contributed by atoms with Crippen molar-refractivity contribution in [3.8, 4) is 5.75 Å². The summed E-state index contributed by atoms with van der Waals surface area (Å²) in [6.07, 6.45) is 1.10. The quantitative estimate of drug-likeness (QED) is 0.874. The summed E-state index contributed by atoms with van der Waals surface area (Å²) in [5, 5.41) is 4.57. The highest BCUT2D eigenvalue weighted by atomic mass is 32.1. The van der Waals surface area contributed by atoms with Gasteiger partial charge in [0.2, 0.25) is 0 Å². The van der Waals surface area contributed by atoms with Gasteiger partial charge in [0, 0.05) is 17.3 Å². The highest BCUT2D eigenvalue weighted by molar-refractivity contribution is 7.11. The summed E-state index contributed by atoms with van der Waals surface area (Å²) in [6, 6.07) is 8.57. The molecule has 0 radical (unpaired) electrons. The molecule has 1 aromatic carbocycles. The first-order valence-corrected chi connectivity index (χ1v) is 8.18. The van der Waals surface area contributed by atoms with Gasteiger partial charge in [0.05, 0.1) is 16.8 Å². The van der Waals surface area contributed by atoms with Crippen LogP contribution in [0.3, 0.4) is 0 Å². The Morgan fingerprint density at radius 1 is 1.29 bits per heavy atom. The number of ether oxygens (including phenoxy) is 1. The first-order chi connectivity index (χ1) is 9.99. The number of aromatic nitrogens is 1. The van der Waals surface area contributed by atoms with Crippen LogP contribution in [0.5, 0.6) is 5.75 Å². The molecule has 0 fully saturated rings. The van der Waals surface area contributed by atoms with E-state index < -0.39 is 0 Å². The van der Waals surface area contributed by atoms with E-state index in [0.717, 1.165) is 17.9 Å². The zero-order valence-electron chi connectivity index (χ0n) is 13.4. The number of nitrogens with zero attached hydrogens (tertiary/aromatic N) is 1. The number of hydrogen-bond donors (Lipinski definition) is 1. The highest BCUT2D eigenvalue weighted by Crippen LogP contribution is 2.25. The largest absolute Gasteiger partial charge is 0.491 e. The number of thiazole rings is 1. The molecule has 2 rings (SSSR count). The Kier molecular flexibility index (Phi) is 5.37. The third-order valence-corrected chi connectivity index (χ3v) is 4.53. The number of likely N-dealkylation sites (N-methyl/N-ethyl adjacent to an activating group) is 1. The van der Waals surface area contributed by atoms with Crippen molar-refractivity contribution in [2.75, 3.05) is 7.05 Å². The van der Waals surface area contributed by atoms with Crippen LogP contribution in [0.4, 0.5) is 0 Å². The zero-order valence-corrected chi connectivity index (χ0v) is 14.3. The minimum absolute atomic E-state index is 0.192. The van der Waals surface area contributed by atoms with Gasteiger partial charge in [-0.05, 0) is 52.4 Å². The van der Waals surface area contributed by atoms with Crippen LogP contribution in [0, 0.1) is 13.8 Å². The maximum atomic E-state index is 5.78. The monoisotopic (exact) mass is 304 g/mol. The number of nitrogens with one attached hydrogen (secondary N) is 1. The van der Waals surface area contributed by atoms with E-state index in [4.69, 9.17) is 4.74 Å². The normalized spacial score (nSPS) is 12.7. The summed E-state index contributed by atoms with van der Waals surface area (Å²) in [5.74, 6) is 0.925. The van der Waals surface area contributed by atoms with Gasteiger partial charge in [-0.25, -0.2) is 4.98 Å². The summed E-state index contributed by atoms with van der Waals surface area (Å²) in [5.41, 5.74) is 2.38. The maximum Gasteiger partial charge on any atom is 0.120 e. The van der Waals surface area contributed by atoms with Crippen molar-refractivity contribution in [3.63, 3.8) is 0 Å². The highest BCUT2D eigenvalue weighted by Gasteiger charge is 2.14. The van der Waals surface area contributed by atoms with Crippen LogP contribution < -0.4 is 10.1 Å². The first kappa shape index (κ1) is 16.0. The van der Waals surface area contributed by atoms with Gasteiger partial charge in [-0.3, -0.25) is 0 Å². The average molecular weight is 304 g/mol. The molecule has 3 nitrogen and oxygen atoms in total. The molecule has 0 aliphatic rings. The summed E-state index contributed by atoms with van der Waals surface area (Å²) in [4.78, 5) is 5.94. The van der Waals surface area contributed by atoms with E-state index in [-0.39, 0.29) is 12.1 Å². The van der Waals surface area contributed by atoms with Crippen LogP contribution in [0.2, 0.25) is 0 Å². The topological polar surface area (TPSA) is 34.2 Å². The molecule has 1 heterocycles. The van der Waals surface area contributed by atoms with Crippen molar-refractivity contribution >= 4 is 11.3 Å². The molecule has 1 N–H and O–H groups in total. The summed E-state index contributed by atoms with van der Waals surface area (Å²) in [7, 11) is 1.99. The van der Waals surface area contributed by atoms with Crippen LogP contribution in [0.1, 0.15) is 41.0 Å². The zero-order chi connectivity index (χ0) is 15.4. The number of benzene rings is 1. The lowest BCUT2D eigenvalue weighted by Gasteiger charge is -2.17. The Labute approximate surface area is 131 Å². The van der Waals surface area contributed by atoms with Crippen LogP contribution in [0.15, 0.2) is 24.3 Å². The molecule has 0 amide bonds. The molecule has 0 aliphatic carbocycles. The predicted octanol–water partition coefficient (Wildman–Crippen LogP) is 4.05. The van der Waals surface area contributed by atoms with Gasteiger partial charge in [0.25, 0.3) is 0 Å². The second-order valence-electron chi connectivity index (χ2n) is 5.53. The van der Waals surface area contributed by atoms with Crippen molar-refractivity contribution in [2.24, 2.45) is 0 Å². The lowest BCUT2D eigenvalue weighted by Crippen LogP contribution is -2.19. The van der Waals surface area contributed by atoms with E-state index in [1.165, 1.54) is 15.4 Å². The predicted molar refractivity (Wildman–Crippen MR) is 89.3 cm³/mol. The fraction of sp³-hybridized carbons (Fsp3) is 0.471. The molecule has 2 aromatic rings. The van der Waals surface area contributed by atoms with Crippen molar-refractivity contribution in [3.05, 3.63) is 45.4 Å². The van der Waals surface area contributed by atoms with Gasteiger partial charge in [0.1, 0.15) is 5.75 Å². The number of hydrogen-bond acceptors (Lipinski definition) is 4. The minimum atomic E-state index is 0.192. The molecule has 1 aromatic heterocycles. The maximum absolute atomic E-state index is 5.78. The molecule has 1 atom stereocenters. The van der Waals surface area contributed by atoms with Gasteiger partial charge in [0.15, 0.2) is 0 Å². The van der Waals surface area contributed by atoms with E-state index in [1.54, 1.807) is 11.3 Å². The van der Waals surface area contributed by atoms with Crippen molar-refractivity contribution < 1.29 is 4.74 Å². The van der Waals surface area contributed by atoms with Gasteiger partial charge in [-0.15, -0.1) is 11.3 Å². The Morgan fingerprint density at radius 3 is 2.62 bits per heavy atom. The van der Waals surface area contributed by atoms with E-state index in [9.17, 15) is 0 Å². The third-order valence-electron chi connectivity index (χ3n) is 3.43. The summed E-state index contributed by atoms with van der Waals surface area (Å²) < 4.78 is 5.78. The van der Waals surface area contributed by atoms with E-state index >= 15 is 0 Å². The lowest BCUT2D eigenvalue weighted by atomic mass is 10.0. The van der Waals surface area contributed by atoms with Crippen LogP contribution >= 0.6 is 11.3 Å². The van der Waals surface area contributed by atoms with Crippen LogP contribution in [-0.2, 0) is 6.42 Å². The molecule has 21 heavy (non-hydrogen) atoms. The van der Waals surface area contributed by atoms with Crippen molar-refractivity contribution in [1.29, 1.82) is 0 Å². The van der Waals surface area contributed by atoms with Crippen LogP contribution in [-0.4, -0.2) is 18.1 Å². The Balaban J connectivity index is 2.16. The Hall–Kier alpha value is -1.39. The van der Waals surface area contributed by atoms with Crippen molar-refractivity contribution in [1.82, 2.24) is 10.3 Å². The summed E-state index contributed by atoms with van der Waals surface area (Å²) in [6.45, 7) is 8.29. The molecule has 4 heteroatoms. The standard InChI is InChI=1S/C17H24N2OS/c1-11(2)20-15-8-6-7-14(9-15)16(18-5)10-17-19-12(3)13(4)21-17/h6-9,11,16,18H,10H2,1-5H3. The second-order valence-corrected chi connectivity index (χ2v) is 6.82. The van der Waals surface area contributed by atoms with Gasteiger partial charge in [-0.2, -0.15) is 0 Å². The molecule has 0 bridgehead atoms. The Bertz CT molecular complexity index is 573. The van der Waals surface area contributed by atoms with Gasteiger partial charge >= 0.3 is 0 Å². The fourth-order valence-corrected chi connectivity index (χ4v) is 3.24. The molecule has 0 spiro atoms. The fourth-order valence-electron chi connectivity index (χ4n) is 2.26. The Morgan fingerprint density at radius 2 is 2.05 bits per heavy atom. The number of aryl methyl sites for hydroxylation is 2. The molecule has 0 aliphatic heterocycles. The minimum Gasteiger partial charge on any atom is -0.491 e. The third kappa shape index (κ3) is 4.29. The first-order valence-electron chi connectivity index (χ1n) is 7.36. The van der Waals surface area contributed by atoms with E-state index in [0.29, 0.717) is 0 Å². The van der Waals surface area contributed by atoms with E-state index in [2.05, 4.69) is 42.3 Å². The lowest BCUT2D eigenvalue weighted by molar-refractivity contribution is 0.242. The second kappa shape index (κ2) is 7.05. The van der Waals surface area contributed by atoms with Crippen LogP contribution in [0.25, 0.3) is 0 Å². The molecule has 1 unspecified atom stereocenters. The molecular weight excluding hydrogens is 280 g/mol. The van der Waals surface area contributed by atoms with Crippen molar-refractivity contribution in [2.45, 2.75) is 46.3 Å². The molecule has 114 valence electrons. The molecule has 0 saturated heterocycles. The summed E-state index contributed by atoms with van der Waals surface area (Å²) >= 11 is 1.79. The average Bonchev–Trinajstić information content (AvgIpc) is 2.74. The smallest absolute Gasteiger partial charge is 0.120 e. The van der Waals surface area contributed by atoms with E-state index in [1.807, 2.05) is 27.0 Å². The number of rotatable bonds is 6. The molecule has 0 saturated carbocycles.